The lowest BCUT2D eigenvalue weighted by Gasteiger charge is -2.21. The summed E-state index contributed by atoms with van der Waals surface area (Å²) < 4.78 is 26.4. The van der Waals surface area contributed by atoms with Crippen molar-refractivity contribution in [1.29, 1.82) is 0 Å². The van der Waals surface area contributed by atoms with Crippen molar-refractivity contribution in [2.24, 2.45) is 0 Å². The third kappa shape index (κ3) is 2.30. The molecule has 0 aromatic carbocycles. The van der Waals surface area contributed by atoms with Crippen LogP contribution in [0.25, 0.3) is 0 Å². The van der Waals surface area contributed by atoms with E-state index in [1.165, 1.54) is 15.8 Å². The Morgan fingerprint density at radius 2 is 2.33 bits per heavy atom. The first-order valence-electron chi connectivity index (χ1n) is 5.80. The monoisotopic (exact) mass is 289 g/mol. The Bertz CT molecular complexity index is 549. The topological polar surface area (TPSA) is 74.7 Å². The number of rotatable bonds is 4. The Hall–Kier alpha value is -0.920. The second-order valence-corrected chi connectivity index (χ2v) is 7.31. The molecule has 1 aliphatic heterocycles. The van der Waals surface area contributed by atoms with Gasteiger partial charge in [0.05, 0.1) is 5.56 Å². The maximum atomic E-state index is 12.4. The minimum Gasteiger partial charge on any atom is -0.478 e. The lowest BCUT2D eigenvalue weighted by atomic mass is 10.2. The van der Waals surface area contributed by atoms with Crippen LogP contribution in [-0.2, 0) is 10.0 Å². The van der Waals surface area contributed by atoms with Crippen molar-refractivity contribution >= 4 is 27.3 Å². The van der Waals surface area contributed by atoms with Crippen LogP contribution in [0.4, 0.5) is 0 Å². The molecule has 2 rings (SSSR count). The fraction of sp³-hybridized carbons (Fsp3) is 0.545. The van der Waals surface area contributed by atoms with Crippen LogP contribution in [0.3, 0.4) is 0 Å². The Balaban J connectivity index is 2.32. The average molecular weight is 289 g/mol. The molecule has 1 N–H and O–H groups in total. The van der Waals surface area contributed by atoms with E-state index in [1.807, 2.05) is 6.92 Å². The van der Waals surface area contributed by atoms with Crippen LogP contribution in [0.2, 0.25) is 0 Å². The number of carboxylic acids is 1. The molecule has 7 heteroatoms. The number of thiophene rings is 1. The number of hydrogen-bond acceptors (Lipinski definition) is 4. The molecule has 1 unspecified atom stereocenters. The maximum absolute atomic E-state index is 12.4. The van der Waals surface area contributed by atoms with Gasteiger partial charge in [0, 0.05) is 18.0 Å². The number of carboxylic acid groups (broad SMARTS) is 1. The van der Waals surface area contributed by atoms with Gasteiger partial charge in [-0.2, -0.15) is 4.31 Å². The smallest absolute Gasteiger partial charge is 0.336 e. The quantitative estimate of drug-likeness (QED) is 0.920. The standard InChI is InChI=1S/C11H15NO4S2/c1-2-9-4-3-5-12(9)18(15,16)10-6-8(7-17-10)11(13)14/h6-7,9H,2-5H2,1H3,(H,13,14). The summed E-state index contributed by atoms with van der Waals surface area (Å²) in [5.41, 5.74) is 0.0332. The summed E-state index contributed by atoms with van der Waals surface area (Å²) >= 11 is 0.974. The van der Waals surface area contributed by atoms with Gasteiger partial charge >= 0.3 is 5.97 Å². The molecule has 2 heterocycles. The number of carbonyl (C=O) groups is 1. The van der Waals surface area contributed by atoms with Crippen molar-refractivity contribution in [2.75, 3.05) is 6.54 Å². The van der Waals surface area contributed by atoms with Crippen LogP contribution in [-0.4, -0.2) is 36.4 Å². The van der Waals surface area contributed by atoms with Crippen molar-refractivity contribution in [3.05, 3.63) is 17.0 Å². The van der Waals surface area contributed by atoms with Crippen LogP contribution < -0.4 is 0 Å². The van der Waals surface area contributed by atoms with Crippen LogP contribution >= 0.6 is 11.3 Å². The van der Waals surface area contributed by atoms with Crippen LogP contribution in [0.5, 0.6) is 0 Å². The zero-order valence-corrected chi connectivity index (χ0v) is 11.6. The summed E-state index contributed by atoms with van der Waals surface area (Å²) in [7, 11) is -3.52. The molecule has 0 amide bonds. The van der Waals surface area contributed by atoms with E-state index in [2.05, 4.69) is 0 Å². The highest BCUT2D eigenvalue weighted by atomic mass is 32.2. The van der Waals surface area contributed by atoms with E-state index >= 15 is 0 Å². The molecule has 0 bridgehead atoms. The van der Waals surface area contributed by atoms with Crippen molar-refractivity contribution in [1.82, 2.24) is 4.31 Å². The van der Waals surface area contributed by atoms with E-state index < -0.39 is 16.0 Å². The third-order valence-corrected chi connectivity index (χ3v) is 6.55. The molecule has 0 radical (unpaired) electrons. The van der Waals surface area contributed by atoms with Gasteiger partial charge in [0.25, 0.3) is 10.0 Å². The number of aromatic carboxylic acids is 1. The van der Waals surface area contributed by atoms with Crippen molar-refractivity contribution in [3.8, 4) is 0 Å². The van der Waals surface area contributed by atoms with Gasteiger partial charge < -0.3 is 5.11 Å². The van der Waals surface area contributed by atoms with Crippen molar-refractivity contribution < 1.29 is 18.3 Å². The molecule has 100 valence electrons. The maximum Gasteiger partial charge on any atom is 0.336 e. The van der Waals surface area contributed by atoms with Gasteiger partial charge in [0.15, 0.2) is 0 Å². The minimum atomic E-state index is -3.52. The van der Waals surface area contributed by atoms with E-state index in [0.29, 0.717) is 6.54 Å². The summed E-state index contributed by atoms with van der Waals surface area (Å²) in [5.74, 6) is -1.10. The number of hydrogen-bond donors (Lipinski definition) is 1. The molecule has 1 aromatic rings. The van der Waals surface area contributed by atoms with Gasteiger partial charge in [-0.25, -0.2) is 13.2 Å². The lowest BCUT2D eigenvalue weighted by Crippen LogP contribution is -2.34. The van der Waals surface area contributed by atoms with Gasteiger partial charge in [-0.1, -0.05) is 6.92 Å². The van der Waals surface area contributed by atoms with E-state index in [4.69, 9.17) is 5.11 Å². The highest BCUT2D eigenvalue weighted by Gasteiger charge is 2.35. The fourth-order valence-electron chi connectivity index (χ4n) is 2.21. The van der Waals surface area contributed by atoms with Crippen LogP contribution in [0, 0.1) is 0 Å². The van der Waals surface area contributed by atoms with Gasteiger partial charge in [-0.15, -0.1) is 11.3 Å². The molecule has 0 saturated carbocycles. The van der Waals surface area contributed by atoms with Gasteiger partial charge in [0.2, 0.25) is 0 Å². The van der Waals surface area contributed by atoms with E-state index in [1.54, 1.807) is 0 Å². The van der Waals surface area contributed by atoms with Crippen LogP contribution in [0.1, 0.15) is 36.5 Å². The average Bonchev–Trinajstić information content (AvgIpc) is 2.98. The number of nitrogens with zero attached hydrogens (tertiary/aromatic N) is 1. The first-order valence-corrected chi connectivity index (χ1v) is 8.12. The summed E-state index contributed by atoms with van der Waals surface area (Å²) in [5, 5.41) is 10.2. The van der Waals surface area contributed by atoms with E-state index in [9.17, 15) is 13.2 Å². The first-order chi connectivity index (χ1) is 8.46. The predicted molar refractivity (Wildman–Crippen MR) is 68.5 cm³/mol. The zero-order valence-electron chi connectivity index (χ0n) is 10.00. The molecule has 18 heavy (non-hydrogen) atoms. The Kier molecular flexibility index (Phi) is 3.74. The molecular formula is C11H15NO4S2. The largest absolute Gasteiger partial charge is 0.478 e. The van der Waals surface area contributed by atoms with E-state index in [0.717, 1.165) is 30.6 Å². The third-order valence-electron chi connectivity index (χ3n) is 3.18. The van der Waals surface area contributed by atoms with Gasteiger partial charge in [-0.05, 0) is 25.3 Å². The molecule has 1 atom stereocenters. The summed E-state index contributed by atoms with van der Waals surface area (Å²) in [6.07, 6.45) is 2.54. The molecule has 1 aromatic heterocycles. The SMILES string of the molecule is CCC1CCCN1S(=O)(=O)c1cc(C(=O)O)cs1. The Morgan fingerprint density at radius 1 is 1.61 bits per heavy atom. The summed E-state index contributed by atoms with van der Waals surface area (Å²) in [6, 6.07) is 1.29. The molecule has 0 aliphatic carbocycles. The molecule has 1 fully saturated rings. The minimum absolute atomic E-state index is 0.0332. The Labute approximate surface area is 110 Å². The van der Waals surface area contributed by atoms with Crippen LogP contribution in [0.15, 0.2) is 15.7 Å². The molecule has 5 nitrogen and oxygen atoms in total. The predicted octanol–water partition coefficient (Wildman–Crippen LogP) is 2.01. The molecular weight excluding hydrogens is 274 g/mol. The highest BCUT2D eigenvalue weighted by molar-refractivity contribution is 7.91. The molecule has 1 aliphatic rings. The lowest BCUT2D eigenvalue weighted by molar-refractivity contribution is 0.0697. The Morgan fingerprint density at radius 3 is 2.89 bits per heavy atom. The van der Waals surface area contributed by atoms with E-state index in [-0.39, 0.29) is 15.8 Å². The first kappa shape index (κ1) is 13.5. The molecule has 1 saturated heterocycles. The van der Waals surface area contributed by atoms with Crippen molar-refractivity contribution in [3.63, 3.8) is 0 Å². The highest BCUT2D eigenvalue weighted by Crippen LogP contribution is 2.30. The second kappa shape index (κ2) is 4.99. The normalized spacial score (nSPS) is 21.3. The fourth-order valence-corrected chi connectivity index (χ4v) is 5.26. The zero-order chi connectivity index (χ0) is 13.3. The summed E-state index contributed by atoms with van der Waals surface area (Å²) in [6.45, 7) is 2.50. The second-order valence-electron chi connectivity index (χ2n) is 4.28. The molecule has 0 spiro atoms. The number of sulfonamides is 1. The van der Waals surface area contributed by atoms with Gasteiger partial charge in [0.1, 0.15) is 4.21 Å². The summed E-state index contributed by atoms with van der Waals surface area (Å²) in [4.78, 5) is 10.8. The van der Waals surface area contributed by atoms with Crippen molar-refractivity contribution in [2.45, 2.75) is 36.4 Å². The van der Waals surface area contributed by atoms with Gasteiger partial charge in [-0.3, -0.25) is 0 Å².